The molecule has 0 spiro atoms. The van der Waals surface area contributed by atoms with Crippen molar-refractivity contribution in [1.29, 1.82) is 0 Å². The van der Waals surface area contributed by atoms with Gasteiger partial charge in [0.05, 0.1) is 11.2 Å². The van der Waals surface area contributed by atoms with Crippen molar-refractivity contribution < 1.29 is 9.31 Å². The van der Waals surface area contributed by atoms with Crippen LogP contribution in [0.1, 0.15) is 78.4 Å². The molecule has 1 saturated carbocycles. The summed E-state index contributed by atoms with van der Waals surface area (Å²) >= 11 is 4.05. The molecule has 6 heteroatoms. The van der Waals surface area contributed by atoms with Gasteiger partial charge in [0.2, 0.25) is 0 Å². The standard InChI is InChI=1S/C20H29BO2.B2S/c1-17(2)18(3,4)23-21(22-17)14-7-8-15-16(13-14)20(6)11-9-19(15,5)10-12-20;1-2-3/h7-8,13H,9-12H2,1-6H3;. The molecule has 2 radical (unpaired) electrons. The Hall–Kier alpha value is -0.445. The Morgan fingerprint density at radius 3 is 1.77 bits per heavy atom. The van der Waals surface area contributed by atoms with Crippen LogP contribution in [-0.2, 0) is 20.1 Å². The fourth-order valence-electron chi connectivity index (χ4n) is 4.61. The van der Waals surface area contributed by atoms with E-state index in [1.807, 2.05) is 0 Å². The first kappa shape index (κ1) is 20.3. The molecule has 26 heavy (non-hydrogen) atoms. The van der Waals surface area contributed by atoms with Gasteiger partial charge in [-0.3, -0.25) is 0 Å². The van der Waals surface area contributed by atoms with Crippen LogP contribution in [0.5, 0.6) is 0 Å². The van der Waals surface area contributed by atoms with Gasteiger partial charge in [-0.1, -0.05) is 32.0 Å². The molecule has 0 unspecified atom stereocenters. The van der Waals surface area contributed by atoms with Crippen LogP contribution in [0.2, 0.25) is 0 Å². The average Bonchev–Trinajstić information content (AvgIpc) is 2.78. The summed E-state index contributed by atoms with van der Waals surface area (Å²) in [4.78, 5) is 0. The minimum absolute atomic E-state index is 0.248. The molecule has 2 nitrogen and oxygen atoms in total. The van der Waals surface area contributed by atoms with E-state index in [4.69, 9.17) is 9.31 Å². The van der Waals surface area contributed by atoms with Crippen molar-refractivity contribution in [2.24, 2.45) is 0 Å². The zero-order chi connectivity index (χ0) is 19.4. The van der Waals surface area contributed by atoms with Gasteiger partial charge >= 0.3 is 33.0 Å². The van der Waals surface area contributed by atoms with Crippen molar-refractivity contribution in [2.45, 2.75) is 89.3 Å². The van der Waals surface area contributed by atoms with E-state index in [1.54, 1.807) is 11.1 Å². The molecular weight excluding hydrogens is 337 g/mol. The number of fused-ring (bicyclic) bond motifs is 2. The Balaban J connectivity index is 0.000000613. The van der Waals surface area contributed by atoms with Gasteiger partial charge in [-0.05, 0) is 80.8 Å². The Kier molecular flexibility index (Phi) is 5.12. The molecule has 1 aromatic rings. The van der Waals surface area contributed by atoms with E-state index < -0.39 is 0 Å². The first-order chi connectivity index (χ1) is 12.0. The van der Waals surface area contributed by atoms with Crippen LogP contribution in [0, 0.1) is 0 Å². The average molecular weight is 366 g/mol. The summed E-state index contributed by atoms with van der Waals surface area (Å²) in [6.07, 6.45) is 5.27. The molecule has 4 aliphatic rings. The maximum atomic E-state index is 6.26. The van der Waals surface area contributed by atoms with Gasteiger partial charge in [0, 0.05) is 0 Å². The van der Waals surface area contributed by atoms with Gasteiger partial charge in [0.15, 0.2) is 0 Å². The van der Waals surface area contributed by atoms with Crippen LogP contribution in [0.15, 0.2) is 18.2 Å². The summed E-state index contributed by atoms with van der Waals surface area (Å²) in [6, 6.07) is 8.05. The molecule has 0 amide bonds. The van der Waals surface area contributed by atoms with Gasteiger partial charge in [0.25, 0.3) is 0 Å². The fraction of sp³-hybridized carbons (Fsp3) is 0.700. The van der Waals surface area contributed by atoms with Crippen molar-refractivity contribution in [3.05, 3.63) is 29.3 Å². The monoisotopic (exact) mass is 366 g/mol. The summed E-state index contributed by atoms with van der Waals surface area (Å²) in [5.74, 6) is 0. The molecule has 0 atom stereocenters. The zero-order valence-corrected chi connectivity index (χ0v) is 17.8. The van der Waals surface area contributed by atoms with E-state index in [-0.39, 0.29) is 18.3 Å². The molecule has 1 saturated heterocycles. The Bertz CT molecular complexity index is 693. The first-order valence-corrected chi connectivity index (χ1v) is 10.1. The fourth-order valence-corrected chi connectivity index (χ4v) is 4.61. The van der Waals surface area contributed by atoms with E-state index in [2.05, 4.69) is 79.5 Å². The molecular formula is C20H29B3O2S. The van der Waals surface area contributed by atoms with Crippen molar-refractivity contribution in [1.82, 2.24) is 0 Å². The van der Waals surface area contributed by atoms with Crippen LogP contribution in [0.3, 0.4) is 0 Å². The summed E-state index contributed by atoms with van der Waals surface area (Å²) in [5.41, 5.74) is 4.46. The number of benzene rings is 1. The summed E-state index contributed by atoms with van der Waals surface area (Å²) < 4.78 is 12.5. The summed E-state index contributed by atoms with van der Waals surface area (Å²) in [7, 11) is 4.29. The molecule has 2 fully saturated rings. The second kappa shape index (κ2) is 6.56. The van der Waals surface area contributed by atoms with E-state index in [0.717, 1.165) is 6.05 Å². The third-order valence-corrected chi connectivity index (χ3v) is 7.33. The zero-order valence-electron chi connectivity index (χ0n) is 17.0. The molecule has 1 aromatic carbocycles. The molecule has 2 bridgehead atoms. The Labute approximate surface area is 166 Å². The number of rotatable bonds is 1. The van der Waals surface area contributed by atoms with Crippen molar-refractivity contribution in [3.63, 3.8) is 0 Å². The van der Waals surface area contributed by atoms with Crippen LogP contribution in [0.4, 0.5) is 0 Å². The second-order valence-corrected chi connectivity index (χ2v) is 9.92. The molecule has 1 aliphatic heterocycles. The molecule has 0 aromatic heterocycles. The predicted molar refractivity (Wildman–Crippen MR) is 114 cm³/mol. The van der Waals surface area contributed by atoms with Gasteiger partial charge in [-0.25, -0.2) is 0 Å². The Morgan fingerprint density at radius 2 is 1.31 bits per heavy atom. The first-order valence-electron chi connectivity index (χ1n) is 9.64. The van der Waals surface area contributed by atoms with E-state index in [9.17, 15) is 0 Å². The van der Waals surface area contributed by atoms with Gasteiger partial charge in [0.1, 0.15) is 0 Å². The van der Waals surface area contributed by atoms with Crippen molar-refractivity contribution in [3.8, 4) is 0 Å². The number of hydrogen-bond donors (Lipinski definition) is 0. The third-order valence-electron chi connectivity index (χ3n) is 7.33. The molecule has 136 valence electrons. The second-order valence-electron chi connectivity index (χ2n) is 9.65. The van der Waals surface area contributed by atoms with E-state index >= 15 is 0 Å². The third kappa shape index (κ3) is 3.16. The summed E-state index contributed by atoms with van der Waals surface area (Å²) in [6.45, 7) is 13.4. The van der Waals surface area contributed by atoms with Crippen LogP contribution < -0.4 is 5.46 Å². The molecule has 1 heterocycles. The van der Waals surface area contributed by atoms with Gasteiger partial charge in [-0.15, -0.1) is 0 Å². The summed E-state index contributed by atoms with van der Waals surface area (Å²) in [5, 5.41) is 0. The van der Waals surface area contributed by atoms with Crippen LogP contribution >= 0.6 is 12.1 Å². The normalized spacial score (nSPS) is 33.1. The van der Waals surface area contributed by atoms with Crippen LogP contribution in [0.25, 0.3) is 0 Å². The van der Waals surface area contributed by atoms with Gasteiger partial charge < -0.3 is 9.31 Å². The molecule has 3 aliphatic carbocycles. The maximum absolute atomic E-state index is 6.26. The molecule has 5 rings (SSSR count). The number of hydrogen-bond acceptors (Lipinski definition) is 3. The van der Waals surface area contributed by atoms with Crippen molar-refractivity contribution in [2.75, 3.05) is 0 Å². The van der Waals surface area contributed by atoms with E-state index in [0.29, 0.717) is 10.8 Å². The van der Waals surface area contributed by atoms with Crippen LogP contribution in [-0.4, -0.2) is 32.1 Å². The van der Waals surface area contributed by atoms with Gasteiger partial charge in [-0.2, -0.15) is 0 Å². The topological polar surface area (TPSA) is 18.5 Å². The SMILES string of the molecule is CC12CCC(C)(CC1)c1cc(B3OC(C)(C)C(C)(C)O3)ccc12.[B]B=S. The molecule has 0 N–H and O–H groups in total. The minimum atomic E-state index is -0.275. The predicted octanol–water partition coefficient (Wildman–Crippen LogP) is 3.98. The van der Waals surface area contributed by atoms with E-state index in [1.165, 1.54) is 31.1 Å². The van der Waals surface area contributed by atoms with Crippen molar-refractivity contribution >= 4 is 38.4 Å². The quantitative estimate of drug-likeness (QED) is 0.701. The Morgan fingerprint density at radius 1 is 0.885 bits per heavy atom.